The second kappa shape index (κ2) is 12.6. The van der Waals surface area contributed by atoms with E-state index in [0.29, 0.717) is 24.5 Å². The number of nitrogens with one attached hydrogen (secondary N) is 1. The van der Waals surface area contributed by atoms with Gasteiger partial charge in [0, 0.05) is 13.1 Å². The standard InChI is InChI=1S/C18H25N3O3.2ClH/c1-21(2)8-3-9-23-16-6-4-14(5-7-16)12-20-18(22)15-10-17(11-19)24-13-15;;/h4-7,10,13H,3,8-9,11-12,19H2,1-2H3,(H,20,22);2*1H. The number of nitrogens with two attached hydrogens (primary N) is 1. The Hall–Kier alpha value is -1.73. The molecule has 0 fully saturated rings. The summed E-state index contributed by atoms with van der Waals surface area (Å²) in [4.78, 5) is 14.1. The third-order valence-electron chi connectivity index (χ3n) is 3.51. The molecule has 6 nitrogen and oxygen atoms in total. The van der Waals surface area contributed by atoms with Crippen LogP contribution in [0.4, 0.5) is 0 Å². The molecule has 0 saturated heterocycles. The van der Waals surface area contributed by atoms with Crippen LogP contribution < -0.4 is 15.8 Å². The lowest BCUT2D eigenvalue weighted by Gasteiger charge is -2.11. The number of halogens is 2. The molecule has 1 aromatic heterocycles. The Kier molecular flexibility index (Phi) is 11.8. The van der Waals surface area contributed by atoms with Gasteiger partial charge in [-0.25, -0.2) is 0 Å². The van der Waals surface area contributed by atoms with Crippen LogP contribution >= 0.6 is 24.8 Å². The Morgan fingerprint density at radius 3 is 2.50 bits per heavy atom. The predicted octanol–water partition coefficient (Wildman–Crippen LogP) is 2.84. The van der Waals surface area contributed by atoms with Gasteiger partial charge in [-0.15, -0.1) is 24.8 Å². The van der Waals surface area contributed by atoms with E-state index in [1.807, 2.05) is 38.4 Å². The first-order chi connectivity index (χ1) is 11.6. The van der Waals surface area contributed by atoms with Crippen molar-refractivity contribution in [2.75, 3.05) is 27.2 Å². The zero-order valence-electron chi connectivity index (χ0n) is 15.1. The highest BCUT2D eigenvalue weighted by Gasteiger charge is 2.09. The highest BCUT2D eigenvalue weighted by Crippen LogP contribution is 2.13. The number of nitrogens with zero attached hydrogens (tertiary/aromatic N) is 1. The van der Waals surface area contributed by atoms with Gasteiger partial charge < -0.3 is 25.1 Å². The quantitative estimate of drug-likeness (QED) is 0.629. The molecular formula is C18H27Cl2N3O3. The largest absolute Gasteiger partial charge is 0.494 e. The van der Waals surface area contributed by atoms with E-state index in [9.17, 15) is 4.79 Å². The average molecular weight is 404 g/mol. The van der Waals surface area contributed by atoms with Gasteiger partial charge in [0.25, 0.3) is 5.91 Å². The molecule has 3 N–H and O–H groups in total. The zero-order chi connectivity index (χ0) is 17.4. The lowest BCUT2D eigenvalue weighted by molar-refractivity contribution is 0.0950. The van der Waals surface area contributed by atoms with Crippen LogP contribution in [0.5, 0.6) is 5.75 Å². The fourth-order valence-corrected chi connectivity index (χ4v) is 2.17. The number of benzene rings is 1. The fraction of sp³-hybridized carbons (Fsp3) is 0.389. The number of hydrogen-bond donors (Lipinski definition) is 2. The van der Waals surface area contributed by atoms with E-state index in [1.165, 1.54) is 6.26 Å². The van der Waals surface area contributed by atoms with Gasteiger partial charge in [-0.1, -0.05) is 12.1 Å². The Bertz CT molecular complexity index is 645. The van der Waals surface area contributed by atoms with Gasteiger partial charge in [0.05, 0.1) is 18.7 Å². The molecule has 26 heavy (non-hydrogen) atoms. The molecule has 0 atom stereocenters. The number of rotatable bonds is 9. The predicted molar refractivity (Wildman–Crippen MR) is 107 cm³/mol. The summed E-state index contributed by atoms with van der Waals surface area (Å²) in [6, 6.07) is 9.38. The van der Waals surface area contributed by atoms with Crippen molar-refractivity contribution in [2.24, 2.45) is 5.73 Å². The van der Waals surface area contributed by atoms with Crippen molar-refractivity contribution in [3.63, 3.8) is 0 Å². The molecule has 0 unspecified atom stereocenters. The summed E-state index contributed by atoms with van der Waals surface area (Å²) in [6.07, 6.45) is 2.41. The molecule has 1 aromatic carbocycles. The second-order valence-corrected chi connectivity index (χ2v) is 5.84. The van der Waals surface area contributed by atoms with Crippen LogP contribution in [0.25, 0.3) is 0 Å². The number of carbonyl (C=O) groups excluding carboxylic acids is 1. The maximum Gasteiger partial charge on any atom is 0.254 e. The third-order valence-corrected chi connectivity index (χ3v) is 3.51. The van der Waals surface area contributed by atoms with Crippen molar-refractivity contribution in [3.05, 3.63) is 53.5 Å². The van der Waals surface area contributed by atoms with Gasteiger partial charge in [0.15, 0.2) is 0 Å². The van der Waals surface area contributed by atoms with Crippen LogP contribution in [0.15, 0.2) is 41.0 Å². The molecule has 146 valence electrons. The highest BCUT2D eigenvalue weighted by molar-refractivity contribution is 5.93. The third kappa shape index (κ3) is 8.10. The maximum absolute atomic E-state index is 12.0. The number of hydrogen-bond acceptors (Lipinski definition) is 5. The molecular weight excluding hydrogens is 377 g/mol. The molecule has 0 aliphatic carbocycles. The molecule has 8 heteroatoms. The summed E-state index contributed by atoms with van der Waals surface area (Å²) in [5.41, 5.74) is 6.95. The van der Waals surface area contributed by atoms with E-state index >= 15 is 0 Å². The summed E-state index contributed by atoms with van der Waals surface area (Å²) in [5, 5.41) is 2.85. The monoisotopic (exact) mass is 403 g/mol. The van der Waals surface area contributed by atoms with Gasteiger partial charge in [-0.2, -0.15) is 0 Å². The van der Waals surface area contributed by atoms with Crippen LogP contribution in [0.2, 0.25) is 0 Å². The van der Waals surface area contributed by atoms with Crippen molar-refractivity contribution in [2.45, 2.75) is 19.5 Å². The number of furan rings is 1. The van der Waals surface area contributed by atoms with Crippen molar-refractivity contribution < 1.29 is 13.9 Å². The summed E-state index contributed by atoms with van der Waals surface area (Å²) >= 11 is 0. The number of carbonyl (C=O) groups is 1. The summed E-state index contributed by atoms with van der Waals surface area (Å²) in [5.74, 6) is 1.25. The molecule has 1 amide bonds. The molecule has 1 heterocycles. The van der Waals surface area contributed by atoms with E-state index in [4.69, 9.17) is 14.9 Å². The summed E-state index contributed by atoms with van der Waals surface area (Å²) in [6.45, 7) is 2.42. The SMILES string of the molecule is CN(C)CCCOc1ccc(CNC(=O)c2coc(CN)c2)cc1.Cl.Cl. The van der Waals surface area contributed by atoms with Crippen LogP contribution in [0.1, 0.15) is 28.1 Å². The van der Waals surface area contributed by atoms with E-state index in [2.05, 4.69) is 10.2 Å². The van der Waals surface area contributed by atoms with E-state index in [-0.39, 0.29) is 37.3 Å². The normalized spacial score (nSPS) is 10.0. The van der Waals surface area contributed by atoms with Crippen molar-refractivity contribution in [1.82, 2.24) is 10.2 Å². The molecule has 2 aromatic rings. The Morgan fingerprint density at radius 2 is 1.92 bits per heavy atom. The minimum Gasteiger partial charge on any atom is -0.494 e. The minimum atomic E-state index is -0.178. The fourth-order valence-electron chi connectivity index (χ4n) is 2.17. The van der Waals surface area contributed by atoms with Gasteiger partial charge in [-0.3, -0.25) is 4.79 Å². The van der Waals surface area contributed by atoms with E-state index in [1.54, 1.807) is 6.07 Å². The lowest BCUT2D eigenvalue weighted by atomic mass is 10.2. The van der Waals surface area contributed by atoms with Crippen LogP contribution in [0.3, 0.4) is 0 Å². The smallest absolute Gasteiger partial charge is 0.254 e. The highest BCUT2D eigenvalue weighted by atomic mass is 35.5. The van der Waals surface area contributed by atoms with Crippen LogP contribution in [-0.4, -0.2) is 38.1 Å². The molecule has 0 radical (unpaired) electrons. The van der Waals surface area contributed by atoms with Crippen molar-refractivity contribution in [3.8, 4) is 5.75 Å². The first-order valence-electron chi connectivity index (χ1n) is 8.00. The number of ether oxygens (including phenoxy) is 1. The number of amides is 1. The second-order valence-electron chi connectivity index (χ2n) is 5.84. The Balaban J connectivity index is 0.00000312. The van der Waals surface area contributed by atoms with Crippen molar-refractivity contribution >= 4 is 30.7 Å². The summed E-state index contributed by atoms with van der Waals surface area (Å²) < 4.78 is 10.8. The average Bonchev–Trinajstić information content (AvgIpc) is 3.07. The molecule has 0 aliphatic heterocycles. The minimum absolute atomic E-state index is 0. The first kappa shape index (κ1) is 24.3. The van der Waals surface area contributed by atoms with Gasteiger partial charge in [0.1, 0.15) is 17.8 Å². The van der Waals surface area contributed by atoms with E-state index in [0.717, 1.165) is 24.3 Å². The van der Waals surface area contributed by atoms with Crippen LogP contribution in [0, 0.1) is 0 Å². The molecule has 2 rings (SSSR count). The topological polar surface area (TPSA) is 80.7 Å². The van der Waals surface area contributed by atoms with Gasteiger partial charge in [-0.05, 0) is 44.3 Å². The molecule has 0 bridgehead atoms. The van der Waals surface area contributed by atoms with Gasteiger partial charge >= 0.3 is 0 Å². The Morgan fingerprint density at radius 1 is 1.23 bits per heavy atom. The zero-order valence-corrected chi connectivity index (χ0v) is 16.7. The lowest BCUT2D eigenvalue weighted by Crippen LogP contribution is -2.22. The molecule has 0 aliphatic rings. The Labute approximate surface area is 166 Å². The first-order valence-corrected chi connectivity index (χ1v) is 8.00. The molecule has 0 spiro atoms. The van der Waals surface area contributed by atoms with Crippen LogP contribution in [-0.2, 0) is 13.1 Å². The maximum atomic E-state index is 12.0. The van der Waals surface area contributed by atoms with Gasteiger partial charge in [0.2, 0.25) is 0 Å². The summed E-state index contributed by atoms with van der Waals surface area (Å²) in [7, 11) is 4.09. The van der Waals surface area contributed by atoms with E-state index < -0.39 is 0 Å². The molecule has 0 saturated carbocycles. The van der Waals surface area contributed by atoms with Crippen molar-refractivity contribution in [1.29, 1.82) is 0 Å².